The van der Waals surface area contributed by atoms with E-state index in [-0.39, 0.29) is 29.6 Å². The average Bonchev–Trinajstić information content (AvgIpc) is 3.15. The summed E-state index contributed by atoms with van der Waals surface area (Å²) >= 11 is 0. The standard InChI is InChI=1S/C25H28N4O5/c1-3-15(2)22(28-14-17-6-4-5-7-19(17)23(28)30)25(32)26-11-16-10-18(13-26)20-8-9-21(29(33)34)24(31)27(20)12-16/h4-9,15-16,18,22H,3,10-14H2,1-2H3/t15-,16?,18?,22+/m0/s1. The molecular weight excluding hydrogens is 436 g/mol. The van der Waals surface area contributed by atoms with Gasteiger partial charge in [0, 0.05) is 49.4 Å². The molecule has 34 heavy (non-hydrogen) atoms. The molecule has 0 aliphatic carbocycles. The van der Waals surface area contributed by atoms with Gasteiger partial charge in [0.1, 0.15) is 6.04 Å². The Labute approximate surface area is 197 Å². The molecule has 0 saturated carbocycles. The summed E-state index contributed by atoms with van der Waals surface area (Å²) in [7, 11) is 0. The minimum Gasteiger partial charge on any atom is -0.340 e. The first kappa shape index (κ1) is 22.3. The molecule has 1 aromatic heterocycles. The molecule has 1 aromatic carbocycles. The van der Waals surface area contributed by atoms with Gasteiger partial charge in [-0.3, -0.25) is 24.5 Å². The Morgan fingerprint density at radius 2 is 1.91 bits per heavy atom. The van der Waals surface area contributed by atoms with Crippen molar-refractivity contribution < 1.29 is 14.5 Å². The molecule has 4 atom stereocenters. The number of rotatable bonds is 5. The van der Waals surface area contributed by atoms with Gasteiger partial charge in [0.15, 0.2) is 0 Å². The van der Waals surface area contributed by atoms with E-state index in [9.17, 15) is 24.5 Å². The Morgan fingerprint density at radius 1 is 1.15 bits per heavy atom. The van der Waals surface area contributed by atoms with E-state index in [0.717, 1.165) is 24.1 Å². The lowest BCUT2D eigenvalue weighted by Gasteiger charge is -2.45. The second kappa shape index (κ2) is 8.38. The minimum atomic E-state index is -0.641. The van der Waals surface area contributed by atoms with E-state index in [2.05, 4.69) is 0 Å². The van der Waals surface area contributed by atoms with Gasteiger partial charge in [0.05, 0.1) is 4.92 Å². The summed E-state index contributed by atoms with van der Waals surface area (Å²) in [5.74, 6) is -0.184. The summed E-state index contributed by atoms with van der Waals surface area (Å²) in [6.07, 6.45) is 1.60. The van der Waals surface area contributed by atoms with Crippen molar-refractivity contribution in [2.45, 2.75) is 51.7 Å². The van der Waals surface area contributed by atoms with Crippen molar-refractivity contribution in [3.05, 3.63) is 73.7 Å². The van der Waals surface area contributed by atoms with Gasteiger partial charge in [0.25, 0.3) is 5.91 Å². The van der Waals surface area contributed by atoms with Crippen molar-refractivity contribution in [2.24, 2.45) is 11.8 Å². The minimum absolute atomic E-state index is 0.00918. The molecular formula is C25H28N4O5. The summed E-state index contributed by atoms with van der Waals surface area (Å²) in [6.45, 7) is 5.74. The number of nitrogens with zero attached hydrogens (tertiary/aromatic N) is 4. The number of piperidine rings is 1. The van der Waals surface area contributed by atoms with Crippen LogP contribution in [-0.2, 0) is 17.9 Å². The Kier molecular flexibility index (Phi) is 5.50. The maximum atomic E-state index is 13.9. The summed E-state index contributed by atoms with van der Waals surface area (Å²) in [5.41, 5.74) is 1.36. The van der Waals surface area contributed by atoms with E-state index in [1.165, 1.54) is 10.6 Å². The number of pyridine rings is 1. The molecule has 2 bridgehead atoms. The third-order valence-electron chi connectivity index (χ3n) is 7.71. The number of nitro groups is 1. The Hall–Kier alpha value is -3.49. The van der Waals surface area contributed by atoms with Crippen LogP contribution in [0.4, 0.5) is 5.69 Å². The molecule has 2 aromatic rings. The number of carbonyl (C=O) groups is 2. The zero-order chi connectivity index (χ0) is 24.1. The molecule has 9 heteroatoms. The van der Waals surface area contributed by atoms with Crippen LogP contribution in [0.15, 0.2) is 41.2 Å². The lowest BCUT2D eigenvalue weighted by Crippen LogP contribution is -2.56. The van der Waals surface area contributed by atoms with Crippen molar-refractivity contribution in [3.8, 4) is 0 Å². The highest BCUT2D eigenvalue weighted by Gasteiger charge is 2.44. The van der Waals surface area contributed by atoms with E-state index in [1.54, 1.807) is 11.0 Å². The van der Waals surface area contributed by atoms with Gasteiger partial charge < -0.3 is 14.4 Å². The third-order valence-corrected chi connectivity index (χ3v) is 7.71. The molecule has 1 saturated heterocycles. The summed E-state index contributed by atoms with van der Waals surface area (Å²) in [4.78, 5) is 53.9. The smallest absolute Gasteiger partial charge is 0.334 e. The molecule has 9 nitrogen and oxygen atoms in total. The zero-order valence-electron chi connectivity index (χ0n) is 19.3. The highest BCUT2D eigenvalue weighted by molar-refractivity contribution is 6.01. The molecule has 0 N–H and O–H groups in total. The SMILES string of the molecule is CC[C@H](C)[C@H](C(=O)N1CC2CC(C1)c1ccc([N+](=O)[O-])c(=O)n1C2)N1Cc2ccccc2C1=O. The monoisotopic (exact) mass is 464 g/mol. The Morgan fingerprint density at radius 3 is 2.62 bits per heavy atom. The number of hydrogen-bond donors (Lipinski definition) is 0. The molecule has 4 heterocycles. The second-order valence-corrected chi connectivity index (χ2v) is 9.78. The van der Waals surface area contributed by atoms with Gasteiger partial charge in [-0.25, -0.2) is 0 Å². The number of aromatic nitrogens is 1. The number of likely N-dealkylation sites (tertiary alicyclic amines) is 1. The molecule has 3 aliphatic heterocycles. The zero-order valence-corrected chi connectivity index (χ0v) is 19.3. The van der Waals surface area contributed by atoms with Crippen LogP contribution in [0.2, 0.25) is 0 Å². The number of fused-ring (bicyclic) bond motifs is 5. The second-order valence-electron chi connectivity index (χ2n) is 9.78. The van der Waals surface area contributed by atoms with E-state index in [4.69, 9.17) is 0 Å². The Balaban J connectivity index is 1.43. The number of hydrogen-bond acceptors (Lipinski definition) is 5. The fraction of sp³-hybridized carbons (Fsp3) is 0.480. The van der Waals surface area contributed by atoms with E-state index < -0.39 is 22.2 Å². The van der Waals surface area contributed by atoms with Crippen LogP contribution in [0.5, 0.6) is 0 Å². The first-order valence-electron chi connectivity index (χ1n) is 11.9. The number of benzene rings is 1. The third kappa shape index (κ3) is 3.50. The maximum Gasteiger partial charge on any atom is 0.334 e. The van der Waals surface area contributed by atoms with Crippen molar-refractivity contribution in [3.63, 3.8) is 0 Å². The lowest BCUT2D eigenvalue weighted by molar-refractivity contribution is -0.386. The maximum absolute atomic E-state index is 13.9. The van der Waals surface area contributed by atoms with E-state index in [1.807, 2.05) is 43.0 Å². The van der Waals surface area contributed by atoms with Gasteiger partial charge >= 0.3 is 11.2 Å². The molecule has 3 aliphatic rings. The van der Waals surface area contributed by atoms with Crippen molar-refractivity contribution in [2.75, 3.05) is 13.1 Å². The first-order valence-corrected chi connectivity index (χ1v) is 11.9. The van der Waals surface area contributed by atoms with Crippen LogP contribution in [0.3, 0.4) is 0 Å². The fourth-order valence-corrected chi connectivity index (χ4v) is 5.85. The molecule has 2 amide bonds. The van der Waals surface area contributed by atoms with Gasteiger partial charge in [-0.05, 0) is 36.0 Å². The first-order chi connectivity index (χ1) is 16.3. The van der Waals surface area contributed by atoms with Crippen LogP contribution in [0, 0.1) is 22.0 Å². The molecule has 0 radical (unpaired) electrons. The Bertz CT molecular complexity index is 1240. The van der Waals surface area contributed by atoms with Gasteiger partial charge in [-0.1, -0.05) is 38.5 Å². The van der Waals surface area contributed by atoms with Gasteiger partial charge in [-0.15, -0.1) is 0 Å². The molecule has 5 rings (SSSR count). The van der Waals surface area contributed by atoms with Crippen LogP contribution >= 0.6 is 0 Å². The summed E-state index contributed by atoms with van der Waals surface area (Å²) in [6, 6.07) is 9.88. The predicted molar refractivity (Wildman–Crippen MR) is 124 cm³/mol. The van der Waals surface area contributed by atoms with Crippen molar-refractivity contribution >= 4 is 17.5 Å². The molecule has 178 valence electrons. The number of carbonyl (C=O) groups excluding carboxylic acids is 2. The normalized spacial score (nSPS) is 22.7. The predicted octanol–water partition coefficient (Wildman–Crippen LogP) is 2.77. The average molecular weight is 465 g/mol. The van der Waals surface area contributed by atoms with Crippen LogP contribution in [0.25, 0.3) is 0 Å². The van der Waals surface area contributed by atoms with Gasteiger partial charge in [-0.2, -0.15) is 0 Å². The number of amides is 2. The lowest BCUT2D eigenvalue weighted by atomic mass is 9.82. The summed E-state index contributed by atoms with van der Waals surface area (Å²) in [5, 5.41) is 11.2. The largest absolute Gasteiger partial charge is 0.340 e. The van der Waals surface area contributed by atoms with E-state index in [0.29, 0.717) is 31.7 Å². The molecule has 0 spiro atoms. The van der Waals surface area contributed by atoms with Crippen LogP contribution in [0.1, 0.15) is 54.2 Å². The fourth-order valence-electron chi connectivity index (χ4n) is 5.85. The highest BCUT2D eigenvalue weighted by Crippen LogP contribution is 2.37. The molecule has 2 unspecified atom stereocenters. The van der Waals surface area contributed by atoms with Crippen molar-refractivity contribution in [1.29, 1.82) is 0 Å². The van der Waals surface area contributed by atoms with E-state index >= 15 is 0 Å². The highest BCUT2D eigenvalue weighted by atomic mass is 16.6. The molecule has 1 fully saturated rings. The quantitative estimate of drug-likeness (QED) is 0.500. The van der Waals surface area contributed by atoms with Crippen LogP contribution in [-0.4, -0.2) is 50.2 Å². The summed E-state index contributed by atoms with van der Waals surface area (Å²) < 4.78 is 1.52. The topological polar surface area (TPSA) is 106 Å². The van der Waals surface area contributed by atoms with Crippen molar-refractivity contribution in [1.82, 2.24) is 14.4 Å². The van der Waals surface area contributed by atoms with Crippen LogP contribution < -0.4 is 5.56 Å². The van der Waals surface area contributed by atoms with Gasteiger partial charge in [0.2, 0.25) is 5.91 Å².